The van der Waals surface area contributed by atoms with Crippen LogP contribution in [0.2, 0.25) is 0 Å². The Labute approximate surface area is 141 Å². The van der Waals surface area contributed by atoms with Gasteiger partial charge in [-0.15, -0.1) is 0 Å². The number of para-hydroxylation sites is 1. The van der Waals surface area contributed by atoms with Crippen LogP contribution in [0.15, 0.2) is 54.7 Å². The van der Waals surface area contributed by atoms with Gasteiger partial charge in [-0.25, -0.2) is 0 Å². The second kappa shape index (κ2) is 7.68. The molecule has 4 heteroatoms. The molecule has 3 aromatic rings. The standard InChI is InChI=1S/C20H22N2O2/c1-15-6-4-7-17(12-15)24-11-5-10-21-20(23)13-16-14-22-19-9-3-2-8-18(16)19/h2-4,6-9,12,14,22H,5,10-11,13H2,1H3,(H,21,23). The zero-order chi connectivity index (χ0) is 16.8. The lowest BCUT2D eigenvalue weighted by molar-refractivity contribution is -0.120. The Hall–Kier alpha value is -2.75. The van der Waals surface area contributed by atoms with Crippen molar-refractivity contribution in [1.82, 2.24) is 10.3 Å². The van der Waals surface area contributed by atoms with E-state index in [1.165, 1.54) is 5.56 Å². The smallest absolute Gasteiger partial charge is 0.224 e. The van der Waals surface area contributed by atoms with Crippen LogP contribution in [0.25, 0.3) is 10.9 Å². The van der Waals surface area contributed by atoms with Gasteiger partial charge < -0.3 is 15.0 Å². The van der Waals surface area contributed by atoms with E-state index in [-0.39, 0.29) is 5.91 Å². The normalized spacial score (nSPS) is 10.7. The number of H-pyrrole nitrogens is 1. The fourth-order valence-electron chi connectivity index (χ4n) is 2.71. The molecule has 1 heterocycles. The predicted octanol–water partition coefficient (Wildman–Crippen LogP) is 3.60. The summed E-state index contributed by atoms with van der Waals surface area (Å²) >= 11 is 0. The second-order valence-electron chi connectivity index (χ2n) is 5.90. The molecule has 2 aromatic carbocycles. The number of aromatic nitrogens is 1. The van der Waals surface area contributed by atoms with E-state index in [1.807, 2.05) is 61.7 Å². The van der Waals surface area contributed by atoms with E-state index in [9.17, 15) is 4.79 Å². The number of aryl methyl sites for hydroxylation is 1. The first-order valence-corrected chi connectivity index (χ1v) is 8.23. The minimum absolute atomic E-state index is 0.0373. The molecular formula is C20H22N2O2. The van der Waals surface area contributed by atoms with Gasteiger partial charge in [0.2, 0.25) is 5.91 Å². The van der Waals surface area contributed by atoms with Crippen LogP contribution in [0.3, 0.4) is 0 Å². The van der Waals surface area contributed by atoms with Gasteiger partial charge in [0, 0.05) is 23.6 Å². The molecule has 0 aliphatic rings. The van der Waals surface area contributed by atoms with Crippen molar-refractivity contribution in [3.8, 4) is 5.75 Å². The molecule has 0 unspecified atom stereocenters. The molecule has 0 saturated carbocycles. The minimum atomic E-state index is 0.0373. The number of hydrogen-bond donors (Lipinski definition) is 2. The predicted molar refractivity (Wildman–Crippen MR) is 96.3 cm³/mol. The van der Waals surface area contributed by atoms with Crippen LogP contribution in [-0.2, 0) is 11.2 Å². The quantitative estimate of drug-likeness (QED) is 0.653. The topological polar surface area (TPSA) is 54.1 Å². The van der Waals surface area contributed by atoms with E-state index in [0.29, 0.717) is 19.6 Å². The van der Waals surface area contributed by atoms with Crippen LogP contribution in [0.1, 0.15) is 17.5 Å². The summed E-state index contributed by atoms with van der Waals surface area (Å²) in [5, 5.41) is 4.06. The molecule has 1 aromatic heterocycles. The van der Waals surface area contributed by atoms with Crippen LogP contribution >= 0.6 is 0 Å². The zero-order valence-corrected chi connectivity index (χ0v) is 13.8. The van der Waals surface area contributed by atoms with E-state index in [1.54, 1.807) is 0 Å². The molecule has 124 valence electrons. The van der Waals surface area contributed by atoms with Crippen LogP contribution < -0.4 is 10.1 Å². The number of fused-ring (bicyclic) bond motifs is 1. The van der Waals surface area contributed by atoms with Crippen molar-refractivity contribution < 1.29 is 9.53 Å². The maximum Gasteiger partial charge on any atom is 0.224 e. The Morgan fingerprint density at radius 3 is 2.92 bits per heavy atom. The van der Waals surface area contributed by atoms with Gasteiger partial charge in [-0.05, 0) is 42.7 Å². The van der Waals surface area contributed by atoms with Crippen molar-refractivity contribution in [3.63, 3.8) is 0 Å². The highest BCUT2D eigenvalue weighted by atomic mass is 16.5. The average molecular weight is 322 g/mol. The number of ether oxygens (including phenoxy) is 1. The van der Waals surface area contributed by atoms with Gasteiger partial charge in [0.05, 0.1) is 13.0 Å². The van der Waals surface area contributed by atoms with Crippen molar-refractivity contribution in [3.05, 3.63) is 65.9 Å². The summed E-state index contributed by atoms with van der Waals surface area (Å²) in [6.07, 6.45) is 3.08. The summed E-state index contributed by atoms with van der Waals surface area (Å²) in [7, 11) is 0. The summed E-state index contributed by atoms with van der Waals surface area (Å²) < 4.78 is 5.68. The summed E-state index contributed by atoms with van der Waals surface area (Å²) in [6.45, 7) is 3.25. The molecule has 2 N–H and O–H groups in total. The Morgan fingerprint density at radius 2 is 2.04 bits per heavy atom. The van der Waals surface area contributed by atoms with Crippen molar-refractivity contribution in [2.75, 3.05) is 13.2 Å². The molecule has 1 amide bonds. The Morgan fingerprint density at radius 1 is 1.17 bits per heavy atom. The highest BCUT2D eigenvalue weighted by Gasteiger charge is 2.07. The molecule has 24 heavy (non-hydrogen) atoms. The molecule has 0 aliphatic heterocycles. The van der Waals surface area contributed by atoms with Crippen LogP contribution in [0.5, 0.6) is 5.75 Å². The van der Waals surface area contributed by atoms with Gasteiger partial charge >= 0.3 is 0 Å². The van der Waals surface area contributed by atoms with Gasteiger partial charge in [0.25, 0.3) is 0 Å². The van der Waals surface area contributed by atoms with Crippen LogP contribution in [-0.4, -0.2) is 24.0 Å². The average Bonchev–Trinajstić information content (AvgIpc) is 2.98. The molecule has 3 rings (SSSR count). The van der Waals surface area contributed by atoms with Crippen molar-refractivity contribution in [2.24, 2.45) is 0 Å². The number of amides is 1. The molecule has 0 bridgehead atoms. The number of carbonyl (C=O) groups excluding carboxylic acids is 1. The van der Waals surface area contributed by atoms with Crippen LogP contribution in [0.4, 0.5) is 0 Å². The second-order valence-corrected chi connectivity index (χ2v) is 5.90. The third-order valence-corrected chi connectivity index (χ3v) is 3.93. The number of aromatic amines is 1. The van der Waals surface area contributed by atoms with Gasteiger partial charge in [0.15, 0.2) is 0 Å². The summed E-state index contributed by atoms with van der Waals surface area (Å²) in [5.41, 5.74) is 3.27. The lowest BCUT2D eigenvalue weighted by atomic mass is 10.1. The number of nitrogens with one attached hydrogen (secondary N) is 2. The molecule has 0 aliphatic carbocycles. The SMILES string of the molecule is Cc1cccc(OCCCNC(=O)Cc2c[nH]c3ccccc23)c1. The van der Waals surface area contributed by atoms with Crippen LogP contribution in [0, 0.1) is 6.92 Å². The summed E-state index contributed by atoms with van der Waals surface area (Å²) in [6, 6.07) is 16.0. The van der Waals surface area contributed by atoms with Gasteiger partial charge in [-0.1, -0.05) is 30.3 Å². The first-order chi connectivity index (χ1) is 11.7. The largest absolute Gasteiger partial charge is 0.494 e. The highest BCUT2D eigenvalue weighted by Crippen LogP contribution is 2.18. The van der Waals surface area contributed by atoms with E-state index >= 15 is 0 Å². The maximum atomic E-state index is 12.1. The van der Waals surface area contributed by atoms with E-state index in [4.69, 9.17) is 4.74 Å². The van der Waals surface area contributed by atoms with E-state index in [0.717, 1.165) is 28.6 Å². The first kappa shape index (κ1) is 16.1. The number of carbonyl (C=O) groups is 1. The minimum Gasteiger partial charge on any atom is -0.494 e. The van der Waals surface area contributed by atoms with Gasteiger partial charge in [-0.2, -0.15) is 0 Å². The summed E-state index contributed by atoms with van der Waals surface area (Å²) in [4.78, 5) is 15.3. The first-order valence-electron chi connectivity index (χ1n) is 8.23. The molecule has 0 spiro atoms. The number of benzene rings is 2. The van der Waals surface area contributed by atoms with Crippen molar-refractivity contribution in [1.29, 1.82) is 0 Å². The van der Waals surface area contributed by atoms with Crippen molar-refractivity contribution >= 4 is 16.8 Å². The molecular weight excluding hydrogens is 300 g/mol. The Balaban J connectivity index is 1.40. The Kier molecular flexibility index (Phi) is 5.16. The number of rotatable bonds is 7. The fourth-order valence-corrected chi connectivity index (χ4v) is 2.71. The van der Waals surface area contributed by atoms with Gasteiger partial charge in [-0.3, -0.25) is 4.79 Å². The fraction of sp³-hybridized carbons (Fsp3) is 0.250. The van der Waals surface area contributed by atoms with Crippen molar-refractivity contribution in [2.45, 2.75) is 19.8 Å². The monoisotopic (exact) mass is 322 g/mol. The highest BCUT2D eigenvalue weighted by molar-refractivity contribution is 5.88. The molecule has 0 fully saturated rings. The lowest BCUT2D eigenvalue weighted by Crippen LogP contribution is -2.27. The maximum absolute atomic E-state index is 12.1. The van der Waals surface area contributed by atoms with Gasteiger partial charge in [0.1, 0.15) is 5.75 Å². The lowest BCUT2D eigenvalue weighted by Gasteiger charge is -2.08. The van der Waals surface area contributed by atoms with E-state index in [2.05, 4.69) is 10.3 Å². The third kappa shape index (κ3) is 4.16. The molecule has 4 nitrogen and oxygen atoms in total. The molecule has 0 atom stereocenters. The summed E-state index contributed by atoms with van der Waals surface area (Å²) in [5.74, 6) is 0.912. The third-order valence-electron chi connectivity index (χ3n) is 3.93. The number of hydrogen-bond acceptors (Lipinski definition) is 2. The Bertz CT molecular complexity index is 823. The zero-order valence-electron chi connectivity index (χ0n) is 13.8. The van der Waals surface area contributed by atoms with E-state index < -0.39 is 0 Å². The molecule has 0 radical (unpaired) electrons. The molecule has 0 saturated heterocycles.